The lowest BCUT2D eigenvalue weighted by atomic mass is 10.0. The van der Waals surface area contributed by atoms with Gasteiger partial charge in [-0.2, -0.15) is 0 Å². The van der Waals surface area contributed by atoms with Crippen molar-refractivity contribution in [2.24, 2.45) is 4.99 Å². The summed E-state index contributed by atoms with van der Waals surface area (Å²) in [5.41, 5.74) is 3.48. The normalized spacial score (nSPS) is 14.5. The van der Waals surface area contributed by atoms with E-state index in [4.69, 9.17) is 14.5 Å². The summed E-state index contributed by atoms with van der Waals surface area (Å²) in [4.78, 5) is 65.5. The molecular weight excluding hydrogens is 610 g/mol. The number of pyridine rings is 1. The second-order valence-corrected chi connectivity index (χ2v) is 14.3. The maximum Gasteiger partial charge on any atom is 0.410 e. The molecule has 3 heterocycles. The molecule has 0 aliphatic carbocycles. The first-order valence-electron chi connectivity index (χ1n) is 16.7. The zero-order valence-corrected chi connectivity index (χ0v) is 29.6. The summed E-state index contributed by atoms with van der Waals surface area (Å²) in [7, 11) is 0. The predicted octanol–water partition coefficient (Wildman–Crippen LogP) is 6.87. The van der Waals surface area contributed by atoms with E-state index in [2.05, 4.69) is 10.3 Å². The third-order valence-corrected chi connectivity index (χ3v) is 7.56. The number of carbonyl (C=O) groups excluding carboxylic acids is 4. The lowest BCUT2D eigenvalue weighted by Crippen LogP contribution is -2.40. The smallest absolute Gasteiger partial charge is 0.410 e. The third-order valence-electron chi connectivity index (χ3n) is 7.56. The summed E-state index contributed by atoms with van der Waals surface area (Å²) in [5, 5.41) is 2.92. The van der Waals surface area contributed by atoms with E-state index in [1.807, 2.05) is 51.7 Å². The van der Waals surface area contributed by atoms with E-state index in [0.717, 1.165) is 24.1 Å². The Bertz CT molecular complexity index is 1610. The number of esters is 1. The molecule has 0 spiro atoms. The van der Waals surface area contributed by atoms with Gasteiger partial charge in [-0.05, 0) is 84.2 Å². The summed E-state index contributed by atoms with van der Waals surface area (Å²) in [6.07, 6.45) is 5.39. The SMILES string of the molecule is CCCN(CCC)C(=O)C1=Cc2ccc(C(=O)Nc3cnc4c(c3)CN(C(=O)OC(C)(C)C)CC4)cc2N=C(CC(=O)OC(C)(C)C)C1. The fourth-order valence-corrected chi connectivity index (χ4v) is 5.59. The molecule has 2 aliphatic rings. The Hall–Kier alpha value is -4.54. The molecule has 0 saturated carbocycles. The number of ether oxygens (including phenoxy) is 2. The number of fused-ring (bicyclic) bond motifs is 2. The van der Waals surface area contributed by atoms with E-state index in [-0.39, 0.29) is 30.7 Å². The van der Waals surface area contributed by atoms with Gasteiger partial charge < -0.3 is 24.6 Å². The van der Waals surface area contributed by atoms with Crippen LogP contribution in [0.4, 0.5) is 16.2 Å². The monoisotopic (exact) mass is 659 g/mol. The highest BCUT2D eigenvalue weighted by Crippen LogP contribution is 2.31. The number of hydrogen-bond acceptors (Lipinski definition) is 8. The van der Waals surface area contributed by atoms with Gasteiger partial charge in [0, 0.05) is 60.6 Å². The molecule has 11 heteroatoms. The molecule has 0 fully saturated rings. The predicted molar refractivity (Wildman–Crippen MR) is 186 cm³/mol. The van der Waals surface area contributed by atoms with E-state index in [0.29, 0.717) is 66.4 Å². The molecule has 1 aromatic carbocycles. The number of nitrogens with one attached hydrogen (secondary N) is 1. The summed E-state index contributed by atoms with van der Waals surface area (Å²) < 4.78 is 11.1. The molecule has 1 aromatic heterocycles. The average Bonchev–Trinajstić information content (AvgIpc) is 3.16. The number of rotatable bonds is 9. The molecule has 2 aromatic rings. The van der Waals surface area contributed by atoms with Crippen LogP contribution in [0.2, 0.25) is 0 Å². The molecule has 258 valence electrons. The van der Waals surface area contributed by atoms with Crippen LogP contribution in [0.1, 0.15) is 108 Å². The topological polar surface area (TPSA) is 130 Å². The Morgan fingerprint density at radius 3 is 2.29 bits per heavy atom. The second-order valence-electron chi connectivity index (χ2n) is 14.3. The number of aliphatic imine (C=N–C) groups is 1. The van der Waals surface area contributed by atoms with E-state index < -0.39 is 17.2 Å². The summed E-state index contributed by atoms with van der Waals surface area (Å²) in [6.45, 7) is 17.1. The molecule has 0 unspecified atom stereocenters. The molecule has 1 N–H and O–H groups in total. The zero-order valence-electron chi connectivity index (χ0n) is 29.6. The molecule has 0 saturated heterocycles. The van der Waals surface area contributed by atoms with Crippen LogP contribution in [0.15, 0.2) is 41.0 Å². The van der Waals surface area contributed by atoms with Crippen LogP contribution >= 0.6 is 0 Å². The van der Waals surface area contributed by atoms with Crippen LogP contribution < -0.4 is 5.32 Å². The van der Waals surface area contributed by atoms with E-state index in [9.17, 15) is 19.2 Å². The van der Waals surface area contributed by atoms with Gasteiger partial charge in [0.2, 0.25) is 5.91 Å². The lowest BCUT2D eigenvalue weighted by Gasteiger charge is -2.31. The number of nitrogens with zero attached hydrogens (tertiary/aromatic N) is 4. The molecule has 48 heavy (non-hydrogen) atoms. The summed E-state index contributed by atoms with van der Waals surface area (Å²) in [6, 6.07) is 6.95. The Kier molecular flexibility index (Phi) is 11.4. The maximum atomic E-state index is 13.7. The largest absolute Gasteiger partial charge is 0.460 e. The first-order valence-corrected chi connectivity index (χ1v) is 16.7. The van der Waals surface area contributed by atoms with Crippen LogP contribution in [-0.2, 0) is 32.0 Å². The maximum absolute atomic E-state index is 13.7. The van der Waals surface area contributed by atoms with Crippen molar-refractivity contribution in [2.75, 3.05) is 25.0 Å². The molecule has 3 amide bonds. The summed E-state index contributed by atoms with van der Waals surface area (Å²) >= 11 is 0. The average molecular weight is 660 g/mol. The van der Waals surface area contributed by atoms with Crippen LogP contribution in [0.3, 0.4) is 0 Å². The van der Waals surface area contributed by atoms with Gasteiger partial charge >= 0.3 is 12.1 Å². The lowest BCUT2D eigenvalue weighted by molar-refractivity contribution is -0.153. The van der Waals surface area contributed by atoms with Gasteiger partial charge in [0.05, 0.1) is 30.5 Å². The first kappa shape index (κ1) is 36.3. The zero-order chi connectivity index (χ0) is 35.2. The van der Waals surface area contributed by atoms with Gasteiger partial charge in [0.15, 0.2) is 0 Å². The minimum absolute atomic E-state index is 0.0829. The fourth-order valence-electron chi connectivity index (χ4n) is 5.59. The number of aromatic nitrogens is 1. The molecule has 2 aliphatic heterocycles. The van der Waals surface area contributed by atoms with Crippen molar-refractivity contribution in [3.63, 3.8) is 0 Å². The fraction of sp³-hybridized carbons (Fsp3) is 0.514. The standard InChI is InChI=1S/C37H49N5O6/c1-9-14-41(15-10-2)34(45)26-17-24-11-12-25(20-31(24)39-28(18-26)21-32(43)47-36(3,4)5)33(44)40-29-19-27-23-42(16-13-30(27)38-22-29)35(46)48-37(6,7)8/h11-12,17,19-20,22H,9-10,13-16,18,21,23H2,1-8H3,(H,40,44). The Labute approximate surface area is 283 Å². The molecule has 0 bridgehead atoms. The van der Waals surface area contributed by atoms with Crippen molar-refractivity contribution in [1.29, 1.82) is 0 Å². The van der Waals surface area contributed by atoms with Crippen LogP contribution in [-0.4, -0.2) is 75.2 Å². The van der Waals surface area contributed by atoms with Crippen molar-refractivity contribution in [3.05, 3.63) is 58.4 Å². The number of hydrogen-bond donors (Lipinski definition) is 1. The number of benzene rings is 1. The Balaban J connectivity index is 1.59. The van der Waals surface area contributed by atoms with Gasteiger partial charge in [-0.25, -0.2) is 4.79 Å². The second kappa shape index (κ2) is 15.1. The number of anilines is 1. The highest BCUT2D eigenvalue weighted by atomic mass is 16.6. The van der Waals surface area contributed by atoms with Crippen LogP contribution in [0.25, 0.3) is 6.08 Å². The van der Waals surface area contributed by atoms with Gasteiger partial charge in [-0.3, -0.25) is 24.4 Å². The molecular formula is C37H49N5O6. The van der Waals surface area contributed by atoms with E-state index in [1.165, 1.54) is 0 Å². The van der Waals surface area contributed by atoms with Crippen molar-refractivity contribution in [1.82, 2.24) is 14.8 Å². The summed E-state index contributed by atoms with van der Waals surface area (Å²) in [5.74, 6) is -0.894. The van der Waals surface area contributed by atoms with Gasteiger partial charge in [-0.15, -0.1) is 0 Å². The Morgan fingerprint density at radius 1 is 0.958 bits per heavy atom. The minimum atomic E-state index is -0.668. The highest BCUT2D eigenvalue weighted by molar-refractivity contribution is 6.11. The molecule has 4 rings (SSSR count). The van der Waals surface area contributed by atoms with E-state index >= 15 is 0 Å². The molecule has 0 atom stereocenters. The minimum Gasteiger partial charge on any atom is -0.460 e. The first-order chi connectivity index (χ1) is 22.5. The van der Waals surface area contributed by atoms with Crippen molar-refractivity contribution >= 4 is 47.0 Å². The van der Waals surface area contributed by atoms with Crippen LogP contribution in [0.5, 0.6) is 0 Å². The van der Waals surface area contributed by atoms with E-state index in [1.54, 1.807) is 50.1 Å². The highest BCUT2D eigenvalue weighted by Gasteiger charge is 2.28. The number of amides is 3. The van der Waals surface area contributed by atoms with Crippen molar-refractivity contribution in [2.45, 2.75) is 105 Å². The number of carbonyl (C=O) groups is 4. The third kappa shape index (κ3) is 9.98. The molecule has 11 nitrogen and oxygen atoms in total. The van der Waals surface area contributed by atoms with Crippen LogP contribution in [0, 0.1) is 0 Å². The van der Waals surface area contributed by atoms with Gasteiger partial charge in [-0.1, -0.05) is 19.9 Å². The van der Waals surface area contributed by atoms with Crippen molar-refractivity contribution in [3.8, 4) is 0 Å². The van der Waals surface area contributed by atoms with Gasteiger partial charge in [0.1, 0.15) is 11.2 Å². The van der Waals surface area contributed by atoms with Crippen molar-refractivity contribution < 1.29 is 28.7 Å². The molecule has 0 radical (unpaired) electrons. The quantitative estimate of drug-likeness (QED) is 0.291. The Morgan fingerprint density at radius 2 is 1.65 bits per heavy atom. The van der Waals surface area contributed by atoms with Gasteiger partial charge in [0.25, 0.3) is 5.91 Å².